The second kappa shape index (κ2) is 1.94. The van der Waals surface area contributed by atoms with Crippen molar-refractivity contribution in [3.8, 4) is 0 Å². The monoisotopic (exact) mass is 144 g/mol. The summed E-state index contributed by atoms with van der Waals surface area (Å²) < 4.78 is 10.7. The van der Waals surface area contributed by atoms with Crippen molar-refractivity contribution in [2.24, 2.45) is 5.92 Å². The summed E-state index contributed by atoms with van der Waals surface area (Å²) in [6.45, 7) is 3.06. The molecular formula is C7H12O3. The molecule has 0 aromatic heterocycles. The Morgan fingerprint density at radius 2 is 2.30 bits per heavy atom. The standard InChI is InChI=1S/C7H12O3/c1-7-5(2-3-9-7)6(8)4-10-7/h5-6,8H,2-4H2,1H3/t5?,6-,7-/m1/s1. The number of fused-ring (bicyclic) bond motifs is 1. The highest BCUT2D eigenvalue weighted by Crippen LogP contribution is 2.40. The van der Waals surface area contributed by atoms with E-state index in [1.54, 1.807) is 0 Å². The van der Waals surface area contributed by atoms with Gasteiger partial charge in [-0.1, -0.05) is 0 Å². The van der Waals surface area contributed by atoms with Gasteiger partial charge in [0.05, 0.1) is 19.3 Å². The van der Waals surface area contributed by atoms with E-state index < -0.39 is 5.79 Å². The van der Waals surface area contributed by atoms with Crippen LogP contribution >= 0.6 is 0 Å². The predicted octanol–water partition coefficient (Wildman–Crippen LogP) is 0.130. The van der Waals surface area contributed by atoms with E-state index in [1.165, 1.54) is 0 Å². The predicted molar refractivity (Wildman–Crippen MR) is 34.4 cm³/mol. The third kappa shape index (κ3) is 0.713. The van der Waals surface area contributed by atoms with Crippen molar-refractivity contribution >= 4 is 0 Å². The lowest BCUT2D eigenvalue weighted by atomic mass is 9.96. The van der Waals surface area contributed by atoms with Gasteiger partial charge in [0.25, 0.3) is 0 Å². The van der Waals surface area contributed by atoms with Crippen molar-refractivity contribution in [2.45, 2.75) is 25.2 Å². The average molecular weight is 144 g/mol. The molecule has 3 atom stereocenters. The summed E-state index contributed by atoms with van der Waals surface area (Å²) in [5.41, 5.74) is 0. The fourth-order valence-electron chi connectivity index (χ4n) is 1.82. The van der Waals surface area contributed by atoms with E-state index in [-0.39, 0.29) is 12.0 Å². The minimum Gasteiger partial charge on any atom is -0.390 e. The summed E-state index contributed by atoms with van der Waals surface area (Å²) in [5.74, 6) is -0.271. The van der Waals surface area contributed by atoms with E-state index in [4.69, 9.17) is 9.47 Å². The number of hydrogen-bond donors (Lipinski definition) is 1. The molecule has 58 valence electrons. The molecule has 1 unspecified atom stereocenters. The molecule has 0 saturated carbocycles. The molecule has 10 heavy (non-hydrogen) atoms. The lowest BCUT2D eigenvalue weighted by Gasteiger charge is -2.21. The van der Waals surface area contributed by atoms with Crippen LogP contribution in [-0.2, 0) is 9.47 Å². The van der Waals surface area contributed by atoms with Crippen LogP contribution in [0, 0.1) is 5.92 Å². The van der Waals surface area contributed by atoms with Crippen LogP contribution in [0.25, 0.3) is 0 Å². The summed E-state index contributed by atoms with van der Waals surface area (Å²) in [5, 5.41) is 9.36. The van der Waals surface area contributed by atoms with Crippen LogP contribution in [-0.4, -0.2) is 30.2 Å². The Labute approximate surface area is 59.9 Å². The molecular weight excluding hydrogens is 132 g/mol. The molecule has 0 radical (unpaired) electrons. The van der Waals surface area contributed by atoms with Crippen molar-refractivity contribution in [1.82, 2.24) is 0 Å². The first-order valence-electron chi connectivity index (χ1n) is 3.68. The topological polar surface area (TPSA) is 38.7 Å². The highest BCUT2D eigenvalue weighted by Gasteiger charge is 2.50. The molecule has 2 rings (SSSR count). The highest BCUT2D eigenvalue weighted by molar-refractivity contribution is 4.91. The molecule has 2 fully saturated rings. The van der Waals surface area contributed by atoms with Crippen molar-refractivity contribution in [3.05, 3.63) is 0 Å². The maximum absolute atomic E-state index is 9.36. The number of ether oxygens (including phenoxy) is 2. The minimum absolute atomic E-state index is 0.201. The Hall–Kier alpha value is -0.120. The van der Waals surface area contributed by atoms with Gasteiger partial charge in [-0.15, -0.1) is 0 Å². The normalized spacial score (nSPS) is 53.4. The SMILES string of the molecule is C[C@]12OCCC1[C@H](O)CO2. The van der Waals surface area contributed by atoms with Crippen LogP contribution < -0.4 is 0 Å². The molecule has 2 heterocycles. The van der Waals surface area contributed by atoms with E-state index in [1.807, 2.05) is 6.92 Å². The zero-order chi connectivity index (χ0) is 7.19. The Morgan fingerprint density at radius 3 is 3.00 bits per heavy atom. The third-order valence-corrected chi connectivity index (χ3v) is 2.50. The van der Waals surface area contributed by atoms with Gasteiger partial charge < -0.3 is 14.6 Å². The smallest absolute Gasteiger partial charge is 0.171 e. The third-order valence-electron chi connectivity index (χ3n) is 2.50. The Bertz CT molecular complexity index is 148. The van der Waals surface area contributed by atoms with Gasteiger partial charge in [-0.3, -0.25) is 0 Å². The average Bonchev–Trinajstić information content (AvgIpc) is 2.35. The van der Waals surface area contributed by atoms with Crippen molar-refractivity contribution in [3.63, 3.8) is 0 Å². The second-order valence-corrected chi connectivity index (χ2v) is 3.14. The van der Waals surface area contributed by atoms with Crippen LogP contribution in [0.15, 0.2) is 0 Å². The van der Waals surface area contributed by atoms with Gasteiger partial charge in [0.2, 0.25) is 0 Å². The molecule has 0 bridgehead atoms. The van der Waals surface area contributed by atoms with E-state index >= 15 is 0 Å². The fourth-order valence-corrected chi connectivity index (χ4v) is 1.82. The van der Waals surface area contributed by atoms with Gasteiger partial charge in [-0.25, -0.2) is 0 Å². The maximum atomic E-state index is 9.36. The van der Waals surface area contributed by atoms with E-state index in [0.29, 0.717) is 6.61 Å². The quantitative estimate of drug-likeness (QED) is 0.525. The Balaban J connectivity index is 2.19. The Kier molecular flexibility index (Phi) is 1.27. The van der Waals surface area contributed by atoms with Crippen LogP contribution in [0.3, 0.4) is 0 Å². The molecule has 2 aliphatic heterocycles. The molecule has 0 aromatic carbocycles. The maximum Gasteiger partial charge on any atom is 0.171 e. The van der Waals surface area contributed by atoms with Crippen LogP contribution in [0.2, 0.25) is 0 Å². The summed E-state index contributed by atoms with van der Waals surface area (Å²) in [4.78, 5) is 0. The van der Waals surface area contributed by atoms with Crippen LogP contribution in [0.4, 0.5) is 0 Å². The zero-order valence-electron chi connectivity index (χ0n) is 6.04. The fraction of sp³-hybridized carbons (Fsp3) is 1.00. The van der Waals surface area contributed by atoms with Crippen molar-refractivity contribution < 1.29 is 14.6 Å². The first kappa shape index (κ1) is 6.58. The molecule has 0 amide bonds. The number of hydrogen-bond acceptors (Lipinski definition) is 3. The molecule has 3 heteroatoms. The first-order valence-corrected chi connectivity index (χ1v) is 3.68. The summed E-state index contributed by atoms with van der Waals surface area (Å²) in [6.07, 6.45) is 0.616. The largest absolute Gasteiger partial charge is 0.390 e. The number of aliphatic hydroxyl groups is 1. The lowest BCUT2D eigenvalue weighted by Crippen LogP contribution is -2.30. The van der Waals surface area contributed by atoms with Gasteiger partial charge in [0.1, 0.15) is 0 Å². The van der Waals surface area contributed by atoms with E-state index in [9.17, 15) is 5.11 Å². The first-order chi connectivity index (χ1) is 4.72. The number of aliphatic hydroxyl groups excluding tert-OH is 1. The van der Waals surface area contributed by atoms with Crippen LogP contribution in [0.5, 0.6) is 0 Å². The van der Waals surface area contributed by atoms with E-state index in [2.05, 4.69) is 0 Å². The van der Waals surface area contributed by atoms with Gasteiger partial charge in [-0.2, -0.15) is 0 Å². The van der Waals surface area contributed by atoms with Crippen molar-refractivity contribution in [1.29, 1.82) is 0 Å². The number of rotatable bonds is 0. The van der Waals surface area contributed by atoms with E-state index in [0.717, 1.165) is 13.0 Å². The van der Waals surface area contributed by atoms with Gasteiger partial charge in [0, 0.05) is 5.92 Å². The molecule has 0 aliphatic carbocycles. The minimum atomic E-state index is -0.473. The van der Waals surface area contributed by atoms with Crippen molar-refractivity contribution in [2.75, 3.05) is 13.2 Å². The van der Waals surface area contributed by atoms with Gasteiger partial charge >= 0.3 is 0 Å². The molecule has 0 aromatic rings. The van der Waals surface area contributed by atoms with Gasteiger partial charge in [0.15, 0.2) is 5.79 Å². The summed E-state index contributed by atoms with van der Waals surface area (Å²) in [6, 6.07) is 0. The second-order valence-electron chi connectivity index (χ2n) is 3.14. The molecule has 2 saturated heterocycles. The molecule has 0 spiro atoms. The van der Waals surface area contributed by atoms with Crippen LogP contribution in [0.1, 0.15) is 13.3 Å². The zero-order valence-corrected chi connectivity index (χ0v) is 6.04. The lowest BCUT2D eigenvalue weighted by molar-refractivity contribution is -0.181. The molecule has 2 aliphatic rings. The summed E-state index contributed by atoms with van der Waals surface area (Å²) in [7, 11) is 0. The summed E-state index contributed by atoms with van der Waals surface area (Å²) >= 11 is 0. The Morgan fingerprint density at radius 1 is 1.50 bits per heavy atom. The molecule has 1 N–H and O–H groups in total. The highest BCUT2D eigenvalue weighted by atomic mass is 16.7. The van der Waals surface area contributed by atoms with Gasteiger partial charge in [-0.05, 0) is 13.3 Å². The molecule has 3 nitrogen and oxygen atoms in total.